The standard InChI is InChI=1S/C20H18N2O7/c1-28-17-7-2-4-13(8-17)18(23)12-29-20(25)14-9-19(24)21(11-14)15-5-3-6-16(10-15)22(26)27/h2-8,10,14H,9,11-12H2,1H3/t14-/m1/s1. The predicted octanol–water partition coefficient (Wildman–Crippen LogP) is 2.38. The highest BCUT2D eigenvalue weighted by Crippen LogP contribution is 2.28. The Balaban J connectivity index is 1.61. The van der Waals surface area contributed by atoms with Crippen molar-refractivity contribution in [3.8, 4) is 5.75 Å². The lowest BCUT2D eigenvalue weighted by molar-refractivity contribution is -0.384. The largest absolute Gasteiger partial charge is 0.497 e. The lowest BCUT2D eigenvalue weighted by atomic mass is 10.1. The number of esters is 1. The van der Waals surface area contributed by atoms with Gasteiger partial charge in [-0.1, -0.05) is 18.2 Å². The normalized spacial score (nSPS) is 15.8. The van der Waals surface area contributed by atoms with Crippen molar-refractivity contribution in [2.24, 2.45) is 5.92 Å². The Morgan fingerprint density at radius 2 is 1.97 bits per heavy atom. The lowest BCUT2D eigenvalue weighted by Crippen LogP contribution is -2.27. The van der Waals surface area contributed by atoms with Gasteiger partial charge in [0.05, 0.1) is 23.6 Å². The molecule has 0 aromatic heterocycles. The van der Waals surface area contributed by atoms with Crippen molar-refractivity contribution < 1.29 is 28.8 Å². The number of nitro benzene ring substituents is 1. The predicted molar refractivity (Wildman–Crippen MR) is 102 cm³/mol. The molecule has 29 heavy (non-hydrogen) atoms. The van der Waals surface area contributed by atoms with Gasteiger partial charge in [-0.2, -0.15) is 0 Å². The van der Waals surface area contributed by atoms with E-state index in [1.807, 2.05) is 0 Å². The van der Waals surface area contributed by atoms with Crippen LogP contribution in [0.15, 0.2) is 48.5 Å². The minimum absolute atomic E-state index is 0.0339. The molecule has 1 amide bonds. The summed E-state index contributed by atoms with van der Waals surface area (Å²) in [5.41, 5.74) is 0.537. The summed E-state index contributed by atoms with van der Waals surface area (Å²) in [6.45, 7) is -0.417. The number of carbonyl (C=O) groups excluding carboxylic acids is 3. The number of anilines is 1. The summed E-state index contributed by atoms with van der Waals surface area (Å²) >= 11 is 0. The summed E-state index contributed by atoms with van der Waals surface area (Å²) in [5.74, 6) is -1.64. The molecule has 0 aliphatic carbocycles. The van der Waals surface area contributed by atoms with E-state index in [0.717, 1.165) is 0 Å². The highest BCUT2D eigenvalue weighted by molar-refractivity contribution is 6.01. The van der Waals surface area contributed by atoms with Gasteiger partial charge in [-0.05, 0) is 18.2 Å². The SMILES string of the molecule is COc1cccc(C(=O)COC(=O)[C@@H]2CC(=O)N(c3cccc([N+](=O)[O-])c3)C2)c1. The van der Waals surface area contributed by atoms with E-state index in [1.54, 1.807) is 30.3 Å². The minimum Gasteiger partial charge on any atom is -0.497 e. The topological polar surface area (TPSA) is 116 Å². The van der Waals surface area contributed by atoms with Gasteiger partial charge in [-0.3, -0.25) is 24.5 Å². The number of methoxy groups -OCH3 is 1. The fraction of sp³-hybridized carbons (Fsp3) is 0.250. The van der Waals surface area contributed by atoms with Gasteiger partial charge in [-0.25, -0.2) is 0 Å². The number of hydrogen-bond donors (Lipinski definition) is 0. The molecule has 1 aliphatic heterocycles. The molecule has 0 bridgehead atoms. The third-order valence-electron chi connectivity index (χ3n) is 4.55. The first-order chi connectivity index (χ1) is 13.9. The van der Waals surface area contributed by atoms with Gasteiger partial charge >= 0.3 is 5.97 Å². The Labute approximate surface area is 166 Å². The lowest BCUT2D eigenvalue weighted by Gasteiger charge is -2.16. The summed E-state index contributed by atoms with van der Waals surface area (Å²) < 4.78 is 10.1. The van der Waals surface area contributed by atoms with Crippen LogP contribution in [-0.4, -0.2) is 42.8 Å². The van der Waals surface area contributed by atoms with Gasteiger partial charge in [-0.15, -0.1) is 0 Å². The van der Waals surface area contributed by atoms with E-state index in [2.05, 4.69) is 0 Å². The molecule has 0 unspecified atom stereocenters. The monoisotopic (exact) mass is 398 g/mol. The van der Waals surface area contributed by atoms with E-state index < -0.39 is 29.2 Å². The van der Waals surface area contributed by atoms with Crippen LogP contribution in [0.5, 0.6) is 5.75 Å². The molecule has 1 atom stereocenters. The zero-order valence-electron chi connectivity index (χ0n) is 15.6. The molecule has 2 aromatic rings. The van der Waals surface area contributed by atoms with Crippen molar-refractivity contribution in [1.29, 1.82) is 0 Å². The molecule has 1 fully saturated rings. The average molecular weight is 398 g/mol. The van der Waals surface area contributed by atoms with E-state index in [1.165, 1.54) is 30.2 Å². The van der Waals surface area contributed by atoms with E-state index in [4.69, 9.17) is 9.47 Å². The number of carbonyl (C=O) groups is 3. The zero-order valence-corrected chi connectivity index (χ0v) is 15.6. The number of ketones is 1. The molecule has 9 nitrogen and oxygen atoms in total. The Morgan fingerprint density at radius 3 is 2.69 bits per heavy atom. The second-order valence-corrected chi connectivity index (χ2v) is 6.45. The number of Topliss-reactive ketones (excluding diaryl/α,β-unsaturated/α-hetero) is 1. The Morgan fingerprint density at radius 1 is 1.21 bits per heavy atom. The molecular weight excluding hydrogens is 380 g/mol. The van der Waals surface area contributed by atoms with Gasteiger partial charge in [0.15, 0.2) is 12.4 Å². The van der Waals surface area contributed by atoms with E-state index in [0.29, 0.717) is 17.0 Å². The molecule has 1 heterocycles. The molecule has 0 spiro atoms. The van der Waals surface area contributed by atoms with Gasteiger partial charge in [0, 0.05) is 30.7 Å². The first-order valence-electron chi connectivity index (χ1n) is 8.77. The number of benzene rings is 2. The highest BCUT2D eigenvalue weighted by atomic mass is 16.6. The van der Waals surface area contributed by atoms with Crippen molar-refractivity contribution in [2.45, 2.75) is 6.42 Å². The summed E-state index contributed by atoms with van der Waals surface area (Å²) in [6, 6.07) is 12.1. The fourth-order valence-corrected chi connectivity index (χ4v) is 3.02. The van der Waals surface area contributed by atoms with Gasteiger partial charge in [0.1, 0.15) is 5.75 Å². The maximum atomic E-state index is 12.3. The number of ether oxygens (including phenoxy) is 2. The van der Waals surface area contributed by atoms with Crippen LogP contribution < -0.4 is 9.64 Å². The van der Waals surface area contributed by atoms with Crippen molar-refractivity contribution in [1.82, 2.24) is 0 Å². The minimum atomic E-state index is -0.750. The Kier molecular flexibility index (Phi) is 5.87. The van der Waals surface area contributed by atoms with Crippen LogP contribution in [0.25, 0.3) is 0 Å². The van der Waals surface area contributed by atoms with Crippen LogP contribution in [-0.2, 0) is 14.3 Å². The fourth-order valence-electron chi connectivity index (χ4n) is 3.02. The van der Waals surface area contributed by atoms with E-state index in [-0.39, 0.29) is 24.6 Å². The molecule has 3 rings (SSSR count). The smallest absolute Gasteiger partial charge is 0.311 e. The van der Waals surface area contributed by atoms with E-state index in [9.17, 15) is 24.5 Å². The van der Waals surface area contributed by atoms with Gasteiger partial charge < -0.3 is 14.4 Å². The molecule has 0 saturated carbocycles. The van der Waals surface area contributed by atoms with Crippen molar-refractivity contribution in [2.75, 3.05) is 25.2 Å². The van der Waals surface area contributed by atoms with Crippen LogP contribution in [0.4, 0.5) is 11.4 Å². The van der Waals surface area contributed by atoms with Crippen molar-refractivity contribution in [3.63, 3.8) is 0 Å². The number of rotatable bonds is 7. The number of nitrogens with zero attached hydrogens (tertiary/aromatic N) is 2. The molecule has 0 radical (unpaired) electrons. The molecule has 1 saturated heterocycles. The summed E-state index contributed by atoms with van der Waals surface area (Å²) in [5, 5.41) is 10.9. The van der Waals surface area contributed by atoms with Crippen LogP contribution in [0, 0.1) is 16.0 Å². The maximum absolute atomic E-state index is 12.3. The summed E-state index contributed by atoms with van der Waals surface area (Å²) in [7, 11) is 1.48. The van der Waals surface area contributed by atoms with E-state index >= 15 is 0 Å². The molecular formula is C20H18N2O7. The third kappa shape index (κ3) is 4.57. The second-order valence-electron chi connectivity index (χ2n) is 6.45. The Bertz CT molecular complexity index is 973. The maximum Gasteiger partial charge on any atom is 0.311 e. The first-order valence-corrected chi connectivity index (χ1v) is 8.77. The number of nitro groups is 1. The number of non-ortho nitro benzene ring substituents is 1. The first kappa shape index (κ1) is 20.0. The molecule has 1 aliphatic rings. The van der Waals surface area contributed by atoms with Gasteiger partial charge in [0.25, 0.3) is 5.69 Å². The van der Waals surface area contributed by atoms with Gasteiger partial charge in [0.2, 0.25) is 5.91 Å². The third-order valence-corrected chi connectivity index (χ3v) is 4.55. The zero-order chi connectivity index (χ0) is 21.0. The molecule has 2 aromatic carbocycles. The molecule has 150 valence electrons. The van der Waals surface area contributed by atoms with Crippen LogP contribution in [0.3, 0.4) is 0 Å². The van der Waals surface area contributed by atoms with Crippen LogP contribution in [0.1, 0.15) is 16.8 Å². The molecule has 9 heteroatoms. The number of amides is 1. The van der Waals surface area contributed by atoms with Crippen LogP contribution in [0.2, 0.25) is 0 Å². The Hall–Kier alpha value is -3.75. The average Bonchev–Trinajstić information content (AvgIpc) is 3.13. The summed E-state index contributed by atoms with van der Waals surface area (Å²) in [6.07, 6.45) is -0.0884. The quantitative estimate of drug-likeness (QED) is 0.304. The highest BCUT2D eigenvalue weighted by Gasteiger charge is 2.36. The van der Waals surface area contributed by atoms with Crippen molar-refractivity contribution >= 4 is 29.0 Å². The number of hydrogen-bond acceptors (Lipinski definition) is 7. The van der Waals surface area contributed by atoms with Crippen LogP contribution >= 0.6 is 0 Å². The second kappa shape index (κ2) is 8.51. The summed E-state index contributed by atoms with van der Waals surface area (Å²) in [4.78, 5) is 48.5. The van der Waals surface area contributed by atoms with Crippen molar-refractivity contribution in [3.05, 3.63) is 64.2 Å². The molecule has 0 N–H and O–H groups in total.